The van der Waals surface area contributed by atoms with Crippen molar-refractivity contribution in [3.8, 4) is 28.4 Å². The van der Waals surface area contributed by atoms with E-state index in [0.29, 0.717) is 19.6 Å². The van der Waals surface area contributed by atoms with Crippen molar-refractivity contribution in [1.29, 1.82) is 0 Å². The fourth-order valence-electron chi connectivity index (χ4n) is 9.70. The lowest BCUT2D eigenvalue weighted by molar-refractivity contribution is -0.223. The summed E-state index contributed by atoms with van der Waals surface area (Å²) in [5.74, 6) is 2.04. The number of allylic oxidation sites excluding steroid dienone is 1. The molecule has 2 aliphatic heterocycles. The van der Waals surface area contributed by atoms with E-state index < -0.39 is 5.79 Å². The van der Waals surface area contributed by atoms with Crippen molar-refractivity contribution in [2.24, 2.45) is 22.9 Å². The number of hydrogen-bond donors (Lipinski definition) is 2. The maximum absolute atomic E-state index is 10.00. The first-order chi connectivity index (χ1) is 30.1. The van der Waals surface area contributed by atoms with Crippen LogP contribution in [0.2, 0.25) is 0 Å². The number of oxime groups is 1. The van der Waals surface area contributed by atoms with Crippen LogP contribution in [-0.2, 0) is 20.7 Å². The fraction of sp³-hybridized carbons (Fsp3) is 0.460. The smallest absolute Gasteiger partial charge is 0.230 e. The predicted molar refractivity (Wildman–Crippen MR) is 240 cm³/mol. The zero-order valence-electron chi connectivity index (χ0n) is 35.0. The van der Waals surface area contributed by atoms with Gasteiger partial charge in [-0.05, 0) is 103 Å². The zero-order valence-corrected chi connectivity index (χ0v) is 35.8. The van der Waals surface area contributed by atoms with Crippen LogP contribution in [0, 0.1) is 17.8 Å². The molecule has 0 spiro atoms. The van der Waals surface area contributed by atoms with Crippen LogP contribution < -0.4 is 9.47 Å². The van der Waals surface area contributed by atoms with Crippen molar-refractivity contribution in [2.45, 2.75) is 93.9 Å². The number of hydrogen-bond acceptors (Lipinski definition) is 11. The summed E-state index contributed by atoms with van der Waals surface area (Å²) < 4.78 is 27.1. The van der Waals surface area contributed by atoms with Crippen LogP contribution in [-0.4, -0.2) is 75.4 Å². The monoisotopic (exact) mass is 845 g/mol. The molecule has 7 atom stereocenters. The van der Waals surface area contributed by atoms with Gasteiger partial charge in [0.15, 0.2) is 0 Å². The van der Waals surface area contributed by atoms with Gasteiger partial charge in [0.1, 0.15) is 17.2 Å². The van der Waals surface area contributed by atoms with Crippen LogP contribution in [0.4, 0.5) is 0 Å². The number of rotatable bonds is 20. The van der Waals surface area contributed by atoms with E-state index in [2.05, 4.69) is 59.0 Å². The summed E-state index contributed by atoms with van der Waals surface area (Å²) in [6, 6.07) is 24.8. The molecule has 1 aromatic heterocycles. The molecular weight excluding hydrogens is 787 g/mol. The van der Waals surface area contributed by atoms with Gasteiger partial charge >= 0.3 is 0 Å². The highest BCUT2D eigenvalue weighted by Gasteiger charge is 2.64. The predicted octanol–water partition coefficient (Wildman–Crippen LogP) is 10.1. The molecular formula is C50H59N3O7S. The van der Waals surface area contributed by atoms with E-state index >= 15 is 0 Å². The van der Waals surface area contributed by atoms with Crippen LogP contribution in [0.15, 0.2) is 121 Å². The molecule has 1 saturated heterocycles. The molecule has 61 heavy (non-hydrogen) atoms. The zero-order chi connectivity index (χ0) is 41.9. The SMILES string of the molecule is C=CCOC12Oc3ccc(Oc4ccc(-c5ccccc5)cc4)cc3C3C(CCCCO)C(CCCCO)C=C(C(=NOC4CCCCO4)CC1SCCc1cnccn1)C32. The standard InChI is InChI=1S/C50H59N3O7S/c1-2-28-57-50-46(61-30-23-38-34-51-24-25-52-38)33-44(53-60-47-16-8-11-29-56-47)42-31-37(14-6-9-26-54)41(15-7-10-27-55)48(49(42)50)43-32-40(21-22-45(43)59-50)58-39-19-17-36(18-20-39)35-12-4-3-5-13-35/h2-5,12-13,17-22,24-25,31-32,34,37,41,46-49,54-55H,1,6-11,14-16,23,26-30,33H2. The highest BCUT2D eigenvalue weighted by molar-refractivity contribution is 8.00. The molecule has 0 bridgehead atoms. The third-order valence-electron chi connectivity index (χ3n) is 12.5. The van der Waals surface area contributed by atoms with Gasteiger partial charge in [0.25, 0.3) is 0 Å². The quantitative estimate of drug-likeness (QED) is 0.0505. The first kappa shape index (κ1) is 43.1. The van der Waals surface area contributed by atoms with Crippen molar-refractivity contribution in [1.82, 2.24) is 9.97 Å². The van der Waals surface area contributed by atoms with Crippen LogP contribution in [0.5, 0.6) is 17.2 Å². The van der Waals surface area contributed by atoms with Crippen LogP contribution in [0.25, 0.3) is 11.1 Å². The number of aromatic nitrogens is 2. The van der Waals surface area contributed by atoms with E-state index in [1.54, 1.807) is 18.5 Å². The Bertz CT molecular complexity index is 2080. The van der Waals surface area contributed by atoms with Gasteiger partial charge in [0.05, 0.1) is 35.8 Å². The average molecular weight is 846 g/mol. The Labute approximate surface area is 364 Å². The van der Waals surface area contributed by atoms with Crippen LogP contribution >= 0.6 is 11.8 Å². The van der Waals surface area contributed by atoms with Gasteiger partial charge in [-0.25, -0.2) is 0 Å². The van der Waals surface area contributed by atoms with Crippen LogP contribution in [0.3, 0.4) is 0 Å². The average Bonchev–Trinajstić information content (AvgIpc) is 3.30. The summed E-state index contributed by atoms with van der Waals surface area (Å²) in [7, 11) is 0. The normalized spacial score (nSPS) is 26.1. The largest absolute Gasteiger partial charge is 0.460 e. The molecule has 0 amide bonds. The van der Waals surface area contributed by atoms with Crippen molar-refractivity contribution in [3.63, 3.8) is 0 Å². The van der Waals surface area contributed by atoms with Gasteiger partial charge < -0.3 is 34.0 Å². The summed E-state index contributed by atoms with van der Waals surface area (Å²) in [5.41, 5.74) is 6.28. The number of ether oxygens (including phenoxy) is 4. The molecule has 10 nitrogen and oxygen atoms in total. The lowest BCUT2D eigenvalue weighted by Crippen LogP contribution is -2.64. The number of unbranched alkanes of at least 4 members (excludes halogenated alkanes) is 2. The number of fused-ring (bicyclic) bond motifs is 2. The van der Waals surface area contributed by atoms with E-state index in [1.807, 2.05) is 54.4 Å². The van der Waals surface area contributed by atoms with Crippen molar-refractivity contribution < 1.29 is 34.0 Å². The number of nitrogens with zero attached hydrogens (tertiary/aromatic N) is 3. The summed E-state index contributed by atoms with van der Waals surface area (Å²) >= 11 is 1.82. The topological polar surface area (TPSA) is 125 Å². The number of aliphatic hydroxyl groups excluding tert-OH is 2. The van der Waals surface area contributed by atoms with Gasteiger partial charge in [-0.15, -0.1) is 6.58 Å². The van der Waals surface area contributed by atoms with E-state index in [0.717, 1.165) is 121 Å². The number of aryl methyl sites for hydroxylation is 1. The second-order valence-electron chi connectivity index (χ2n) is 16.5. The molecule has 322 valence electrons. The van der Waals surface area contributed by atoms with Crippen LogP contribution in [0.1, 0.15) is 81.4 Å². The highest BCUT2D eigenvalue weighted by Crippen LogP contribution is 2.62. The minimum absolute atomic E-state index is 0.0464. The van der Waals surface area contributed by atoms with E-state index in [9.17, 15) is 10.2 Å². The highest BCUT2D eigenvalue weighted by atomic mass is 32.2. The first-order valence-electron chi connectivity index (χ1n) is 22.2. The van der Waals surface area contributed by atoms with E-state index in [1.165, 1.54) is 0 Å². The molecule has 3 aromatic carbocycles. The lowest BCUT2D eigenvalue weighted by Gasteiger charge is -2.58. The molecule has 7 unspecified atom stereocenters. The Morgan fingerprint density at radius 3 is 2.48 bits per heavy atom. The van der Waals surface area contributed by atoms with Crippen molar-refractivity contribution >= 4 is 17.5 Å². The number of aliphatic hydroxyl groups is 2. The second-order valence-corrected chi connectivity index (χ2v) is 17.8. The van der Waals surface area contributed by atoms with Crippen molar-refractivity contribution in [3.05, 3.63) is 127 Å². The maximum atomic E-state index is 10.00. The summed E-state index contributed by atoms with van der Waals surface area (Å²) in [4.78, 5) is 15.1. The third-order valence-corrected chi connectivity index (χ3v) is 13.9. The molecule has 0 radical (unpaired) electrons. The van der Waals surface area contributed by atoms with E-state index in [-0.39, 0.29) is 48.4 Å². The molecule has 2 N–H and O–H groups in total. The van der Waals surface area contributed by atoms with Gasteiger partial charge in [0.2, 0.25) is 12.1 Å². The molecule has 4 aromatic rings. The Morgan fingerprint density at radius 2 is 1.72 bits per heavy atom. The Balaban J connectivity index is 1.22. The van der Waals surface area contributed by atoms with E-state index in [4.69, 9.17) is 28.9 Å². The molecule has 11 heteroatoms. The second kappa shape index (κ2) is 21.0. The summed E-state index contributed by atoms with van der Waals surface area (Å²) in [6.45, 7) is 5.35. The fourth-order valence-corrected chi connectivity index (χ4v) is 11.1. The summed E-state index contributed by atoms with van der Waals surface area (Å²) in [5, 5.41) is 24.7. The Hall–Kier alpha value is -4.52. The minimum Gasteiger partial charge on any atom is -0.460 e. The molecule has 2 aliphatic carbocycles. The Morgan fingerprint density at radius 1 is 0.918 bits per heavy atom. The lowest BCUT2D eigenvalue weighted by atomic mass is 9.56. The molecule has 2 fully saturated rings. The first-order valence-corrected chi connectivity index (χ1v) is 23.2. The van der Waals surface area contributed by atoms with Crippen molar-refractivity contribution in [2.75, 3.05) is 32.2 Å². The molecule has 4 aliphatic rings. The van der Waals surface area contributed by atoms with Gasteiger partial charge in [-0.2, -0.15) is 11.8 Å². The van der Waals surface area contributed by atoms with Gasteiger partial charge in [0, 0.05) is 62.5 Å². The minimum atomic E-state index is -1.06. The van der Waals surface area contributed by atoms with Gasteiger partial charge in [-0.1, -0.05) is 72.6 Å². The third kappa shape index (κ3) is 10.1. The molecule has 3 heterocycles. The Kier molecular flexibility index (Phi) is 14.9. The maximum Gasteiger partial charge on any atom is 0.230 e. The molecule has 8 rings (SSSR count). The number of thioether (sulfide) groups is 1. The van der Waals surface area contributed by atoms with Gasteiger partial charge in [-0.3, -0.25) is 9.97 Å². The number of benzene rings is 3. The molecule has 1 saturated carbocycles. The summed E-state index contributed by atoms with van der Waals surface area (Å²) in [6.07, 6.45) is 18.3.